The molecule has 1 saturated heterocycles. The number of hydrogen-bond donors (Lipinski definition) is 1. The summed E-state index contributed by atoms with van der Waals surface area (Å²) in [4.78, 5) is 18.2. The average molecular weight is 347 g/mol. The third-order valence-corrected chi connectivity index (χ3v) is 4.27. The Kier molecular flexibility index (Phi) is 7.10. The van der Waals surface area contributed by atoms with E-state index in [9.17, 15) is 4.79 Å². The minimum absolute atomic E-state index is 0.0735. The lowest BCUT2D eigenvalue weighted by atomic mass is 9.98. The summed E-state index contributed by atoms with van der Waals surface area (Å²) >= 11 is 0. The van der Waals surface area contributed by atoms with Gasteiger partial charge in [-0.2, -0.15) is 0 Å². The molecule has 0 radical (unpaired) electrons. The van der Waals surface area contributed by atoms with E-state index < -0.39 is 0 Å². The van der Waals surface area contributed by atoms with E-state index in [1.54, 1.807) is 14.2 Å². The summed E-state index contributed by atoms with van der Waals surface area (Å²) in [5.74, 6) is 2.02. The van der Waals surface area contributed by atoms with E-state index in [1.807, 2.05) is 26.0 Å². The van der Waals surface area contributed by atoms with Gasteiger partial charge in [0.15, 0.2) is 5.96 Å². The highest BCUT2D eigenvalue weighted by atomic mass is 16.5. The van der Waals surface area contributed by atoms with Crippen LogP contribution in [0.15, 0.2) is 29.3 Å². The quantitative estimate of drug-likeness (QED) is 0.486. The third-order valence-electron chi connectivity index (χ3n) is 4.27. The van der Waals surface area contributed by atoms with Crippen molar-refractivity contribution in [1.82, 2.24) is 10.2 Å². The maximum Gasteiger partial charge on any atom is 0.307 e. The van der Waals surface area contributed by atoms with E-state index in [1.165, 1.54) is 5.56 Å². The van der Waals surface area contributed by atoms with E-state index in [4.69, 9.17) is 9.47 Å². The van der Waals surface area contributed by atoms with Crippen molar-refractivity contribution in [2.75, 3.05) is 33.8 Å². The molecule has 0 spiro atoms. The molecule has 0 amide bonds. The van der Waals surface area contributed by atoms with E-state index in [-0.39, 0.29) is 12.1 Å². The predicted molar refractivity (Wildman–Crippen MR) is 99.1 cm³/mol. The minimum atomic E-state index is -0.185. The van der Waals surface area contributed by atoms with Crippen molar-refractivity contribution in [3.05, 3.63) is 29.8 Å². The van der Waals surface area contributed by atoms with Gasteiger partial charge in [0, 0.05) is 32.6 Å². The first-order valence-electron chi connectivity index (χ1n) is 8.82. The standard InChI is InChI=1S/C19H29N3O3/c1-14(2)25-18(23)9-11-21-19(20-3)22-12-10-16(13-22)15-5-7-17(24-4)8-6-15/h5-8,14,16H,9-13H2,1-4H3,(H,20,21). The molecular formula is C19H29N3O3. The second-order valence-electron chi connectivity index (χ2n) is 6.47. The van der Waals surface area contributed by atoms with Crippen LogP contribution < -0.4 is 10.1 Å². The number of nitrogens with one attached hydrogen (secondary N) is 1. The Hall–Kier alpha value is -2.24. The summed E-state index contributed by atoms with van der Waals surface area (Å²) in [6.07, 6.45) is 1.35. The summed E-state index contributed by atoms with van der Waals surface area (Å²) in [7, 11) is 3.45. The number of carbonyl (C=O) groups excluding carboxylic acids is 1. The van der Waals surface area contributed by atoms with Crippen LogP contribution in [-0.4, -0.2) is 56.7 Å². The highest BCUT2D eigenvalue weighted by Gasteiger charge is 2.26. The second kappa shape index (κ2) is 9.30. The van der Waals surface area contributed by atoms with Gasteiger partial charge in [0.25, 0.3) is 0 Å². The number of nitrogens with zero attached hydrogens (tertiary/aromatic N) is 2. The van der Waals surface area contributed by atoms with Crippen LogP contribution in [0, 0.1) is 0 Å². The second-order valence-corrected chi connectivity index (χ2v) is 6.47. The fraction of sp³-hybridized carbons (Fsp3) is 0.579. The Labute approximate surface area is 150 Å². The van der Waals surface area contributed by atoms with Crippen LogP contribution in [0.2, 0.25) is 0 Å². The molecular weight excluding hydrogens is 318 g/mol. The van der Waals surface area contributed by atoms with Crippen molar-refractivity contribution >= 4 is 11.9 Å². The van der Waals surface area contributed by atoms with Gasteiger partial charge in [-0.25, -0.2) is 0 Å². The largest absolute Gasteiger partial charge is 0.497 e. The molecule has 1 aliphatic rings. The molecule has 1 heterocycles. The van der Waals surface area contributed by atoms with E-state index in [2.05, 4.69) is 27.3 Å². The van der Waals surface area contributed by atoms with Gasteiger partial charge in [-0.1, -0.05) is 12.1 Å². The average Bonchev–Trinajstić information content (AvgIpc) is 3.08. The molecule has 1 N–H and O–H groups in total. The van der Waals surface area contributed by atoms with Gasteiger partial charge in [-0.15, -0.1) is 0 Å². The highest BCUT2D eigenvalue weighted by molar-refractivity contribution is 5.81. The summed E-state index contributed by atoms with van der Waals surface area (Å²) in [5, 5.41) is 3.26. The highest BCUT2D eigenvalue weighted by Crippen LogP contribution is 2.28. The van der Waals surface area contributed by atoms with Gasteiger partial charge in [-0.05, 0) is 38.0 Å². The number of aliphatic imine (C=N–C) groups is 1. The summed E-state index contributed by atoms with van der Waals surface area (Å²) < 4.78 is 10.4. The molecule has 1 atom stereocenters. The van der Waals surface area contributed by atoms with Crippen LogP contribution >= 0.6 is 0 Å². The monoisotopic (exact) mass is 347 g/mol. The summed E-state index contributed by atoms with van der Waals surface area (Å²) in [6, 6.07) is 8.27. The predicted octanol–water partition coefficient (Wildman–Crippen LogP) is 2.40. The maximum atomic E-state index is 11.6. The SMILES string of the molecule is CN=C(NCCC(=O)OC(C)C)N1CCC(c2ccc(OC)cc2)C1. The number of guanidine groups is 1. The fourth-order valence-corrected chi connectivity index (χ4v) is 3.03. The normalized spacial score (nSPS) is 17.7. The Balaban J connectivity index is 1.83. The lowest BCUT2D eigenvalue weighted by molar-refractivity contribution is -0.147. The van der Waals surface area contributed by atoms with Crippen LogP contribution in [0.25, 0.3) is 0 Å². The van der Waals surface area contributed by atoms with Crippen molar-refractivity contribution in [1.29, 1.82) is 0 Å². The first kappa shape index (κ1) is 19.1. The molecule has 1 aliphatic heterocycles. The van der Waals surface area contributed by atoms with E-state index in [0.29, 0.717) is 18.9 Å². The van der Waals surface area contributed by atoms with Crippen molar-refractivity contribution in [2.45, 2.75) is 38.7 Å². The summed E-state index contributed by atoms with van der Waals surface area (Å²) in [6.45, 7) is 6.11. The number of hydrogen-bond acceptors (Lipinski definition) is 4. The van der Waals surface area contributed by atoms with Crippen LogP contribution in [0.5, 0.6) is 5.75 Å². The number of carbonyl (C=O) groups is 1. The van der Waals surface area contributed by atoms with Crippen LogP contribution in [0.4, 0.5) is 0 Å². The number of methoxy groups -OCH3 is 1. The van der Waals surface area contributed by atoms with Gasteiger partial charge in [0.1, 0.15) is 5.75 Å². The zero-order chi connectivity index (χ0) is 18.2. The van der Waals surface area contributed by atoms with Crippen molar-refractivity contribution < 1.29 is 14.3 Å². The molecule has 0 saturated carbocycles. The molecule has 6 nitrogen and oxygen atoms in total. The van der Waals surface area contributed by atoms with E-state index >= 15 is 0 Å². The number of likely N-dealkylation sites (tertiary alicyclic amines) is 1. The molecule has 25 heavy (non-hydrogen) atoms. The molecule has 1 fully saturated rings. The fourth-order valence-electron chi connectivity index (χ4n) is 3.03. The van der Waals surface area contributed by atoms with Gasteiger partial charge >= 0.3 is 5.97 Å². The Bertz CT molecular complexity index is 584. The molecule has 0 aromatic heterocycles. The van der Waals surface area contributed by atoms with E-state index in [0.717, 1.165) is 31.2 Å². The lowest BCUT2D eigenvalue weighted by Crippen LogP contribution is -2.40. The van der Waals surface area contributed by atoms with Crippen molar-refractivity contribution in [2.24, 2.45) is 4.99 Å². The van der Waals surface area contributed by atoms with Crippen molar-refractivity contribution in [3.63, 3.8) is 0 Å². The lowest BCUT2D eigenvalue weighted by Gasteiger charge is -2.21. The zero-order valence-electron chi connectivity index (χ0n) is 15.6. The smallest absolute Gasteiger partial charge is 0.307 e. The van der Waals surface area contributed by atoms with Crippen LogP contribution in [0.1, 0.15) is 38.2 Å². The minimum Gasteiger partial charge on any atom is -0.497 e. The number of benzene rings is 1. The molecule has 0 bridgehead atoms. The third kappa shape index (κ3) is 5.66. The Morgan fingerprint density at radius 1 is 1.36 bits per heavy atom. The molecule has 0 aliphatic carbocycles. The van der Waals surface area contributed by atoms with Crippen molar-refractivity contribution in [3.8, 4) is 5.75 Å². The first-order valence-corrected chi connectivity index (χ1v) is 8.82. The number of esters is 1. The summed E-state index contributed by atoms with van der Waals surface area (Å²) in [5.41, 5.74) is 1.32. The number of rotatable bonds is 6. The van der Waals surface area contributed by atoms with Gasteiger partial charge in [0.05, 0.1) is 19.6 Å². The molecule has 1 unspecified atom stereocenters. The maximum absolute atomic E-state index is 11.6. The molecule has 1 aromatic rings. The molecule has 138 valence electrons. The molecule has 2 rings (SSSR count). The topological polar surface area (TPSA) is 63.2 Å². The van der Waals surface area contributed by atoms with Gasteiger partial charge in [0.2, 0.25) is 0 Å². The zero-order valence-corrected chi connectivity index (χ0v) is 15.6. The van der Waals surface area contributed by atoms with Crippen LogP contribution in [0.3, 0.4) is 0 Å². The first-order chi connectivity index (χ1) is 12.0. The van der Waals surface area contributed by atoms with Crippen LogP contribution in [-0.2, 0) is 9.53 Å². The molecule has 1 aromatic carbocycles. The van der Waals surface area contributed by atoms with Gasteiger partial charge in [-0.3, -0.25) is 9.79 Å². The number of ether oxygens (including phenoxy) is 2. The Morgan fingerprint density at radius 2 is 2.08 bits per heavy atom. The molecule has 6 heteroatoms. The van der Waals surface area contributed by atoms with Gasteiger partial charge < -0.3 is 19.7 Å². The Morgan fingerprint density at radius 3 is 2.68 bits per heavy atom.